The maximum atomic E-state index is 12.9. The number of hydrogen-bond acceptors (Lipinski definition) is 4. The minimum Gasteiger partial charge on any atom is -0.495 e. The van der Waals surface area contributed by atoms with E-state index >= 15 is 0 Å². The summed E-state index contributed by atoms with van der Waals surface area (Å²) in [7, 11) is 1.50. The van der Waals surface area contributed by atoms with E-state index in [2.05, 4.69) is 5.32 Å². The van der Waals surface area contributed by atoms with E-state index in [1.165, 1.54) is 36.3 Å². The van der Waals surface area contributed by atoms with E-state index in [-0.39, 0.29) is 19.0 Å². The number of methoxy groups -OCH3 is 1. The van der Waals surface area contributed by atoms with E-state index in [1.54, 1.807) is 18.2 Å². The van der Waals surface area contributed by atoms with E-state index in [9.17, 15) is 14.0 Å². The van der Waals surface area contributed by atoms with Gasteiger partial charge in [0, 0.05) is 11.3 Å². The Kier molecular flexibility index (Phi) is 5.27. The second kappa shape index (κ2) is 7.61. The zero-order valence-corrected chi connectivity index (χ0v) is 14.6. The fourth-order valence-electron chi connectivity index (χ4n) is 2.57. The summed E-state index contributed by atoms with van der Waals surface area (Å²) < 4.78 is 23.2. The predicted octanol–water partition coefficient (Wildman–Crippen LogP) is 3.24. The molecule has 0 radical (unpaired) electrons. The Balaban J connectivity index is 1.60. The molecule has 1 N–H and O–H groups in total. The third-order valence-corrected chi connectivity index (χ3v) is 4.21. The van der Waals surface area contributed by atoms with Crippen LogP contribution in [0.3, 0.4) is 0 Å². The van der Waals surface area contributed by atoms with Crippen molar-refractivity contribution < 1.29 is 23.5 Å². The molecule has 1 aliphatic rings. The number of halogens is 2. The number of nitrogens with one attached hydrogen (secondary N) is 1. The monoisotopic (exact) mass is 378 g/mol. The molecule has 1 saturated heterocycles. The molecular formula is C18H16ClFN2O4. The van der Waals surface area contributed by atoms with Crippen molar-refractivity contribution in [1.29, 1.82) is 0 Å². The van der Waals surface area contributed by atoms with Gasteiger partial charge in [-0.1, -0.05) is 11.6 Å². The van der Waals surface area contributed by atoms with E-state index in [0.29, 0.717) is 22.0 Å². The second-order valence-electron chi connectivity index (χ2n) is 5.65. The zero-order valence-electron chi connectivity index (χ0n) is 13.9. The smallest absolute Gasteiger partial charge is 0.414 e. The topological polar surface area (TPSA) is 67.9 Å². The van der Waals surface area contributed by atoms with Crippen molar-refractivity contribution in [1.82, 2.24) is 5.32 Å². The molecule has 0 bridgehead atoms. The van der Waals surface area contributed by atoms with Gasteiger partial charge in [0.2, 0.25) is 0 Å². The summed E-state index contributed by atoms with van der Waals surface area (Å²) >= 11 is 6.09. The first-order chi connectivity index (χ1) is 12.5. The van der Waals surface area contributed by atoms with Gasteiger partial charge in [-0.3, -0.25) is 9.69 Å². The lowest BCUT2D eigenvalue weighted by atomic mass is 10.2. The minimum atomic E-state index is -0.521. The normalized spacial score (nSPS) is 16.3. The molecule has 1 fully saturated rings. The molecule has 0 saturated carbocycles. The van der Waals surface area contributed by atoms with E-state index < -0.39 is 18.0 Å². The van der Waals surface area contributed by atoms with Crippen molar-refractivity contribution in [3.05, 3.63) is 58.9 Å². The lowest BCUT2D eigenvalue weighted by Gasteiger charge is -2.14. The van der Waals surface area contributed by atoms with E-state index in [4.69, 9.17) is 21.1 Å². The number of carbonyl (C=O) groups is 2. The molecule has 2 amide bonds. The quantitative estimate of drug-likeness (QED) is 0.867. The van der Waals surface area contributed by atoms with Crippen LogP contribution in [0.15, 0.2) is 42.5 Å². The van der Waals surface area contributed by atoms with Crippen molar-refractivity contribution >= 4 is 29.3 Å². The molecule has 3 rings (SSSR count). The fraction of sp³-hybridized carbons (Fsp3) is 0.222. The number of cyclic esters (lactones) is 1. The molecule has 6 nitrogen and oxygen atoms in total. The lowest BCUT2D eigenvalue weighted by molar-refractivity contribution is 0.0916. The molecule has 0 spiro atoms. The van der Waals surface area contributed by atoms with Crippen molar-refractivity contribution in [3.63, 3.8) is 0 Å². The van der Waals surface area contributed by atoms with Gasteiger partial charge in [-0.05, 0) is 42.5 Å². The molecule has 26 heavy (non-hydrogen) atoms. The summed E-state index contributed by atoms with van der Waals surface area (Å²) in [5.74, 6) is -0.279. The van der Waals surface area contributed by atoms with Gasteiger partial charge in [-0.25, -0.2) is 9.18 Å². The Labute approximate surface area is 154 Å². The van der Waals surface area contributed by atoms with Crippen LogP contribution in [0.2, 0.25) is 5.02 Å². The van der Waals surface area contributed by atoms with Gasteiger partial charge < -0.3 is 14.8 Å². The fourth-order valence-corrected chi connectivity index (χ4v) is 2.82. The van der Waals surface area contributed by atoms with Gasteiger partial charge in [0.25, 0.3) is 5.91 Å². The maximum Gasteiger partial charge on any atom is 0.414 e. The van der Waals surface area contributed by atoms with Crippen LogP contribution >= 0.6 is 11.6 Å². The third kappa shape index (κ3) is 3.88. The first-order valence-corrected chi connectivity index (χ1v) is 8.21. The largest absolute Gasteiger partial charge is 0.495 e. The molecule has 8 heteroatoms. The molecule has 1 unspecified atom stereocenters. The highest BCUT2D eigenvalue weighted by Gasteiger charge is 2.32. The highest BCUT2D eigenvalue weighted by atomic mass is 35.5. The Hall–Kier alpha value is -2.80. The van der Waals surface area contributed by atoms with Gasteiger partial charge in [0.05, 0.1) is 25.2 Å². The number of carbonyl (C=O) groups excluding carboxylic acids is 2. The van der Waals surface area contributed by atoms with Gasteiger partial charge >= 0.3 is 6.09 Å². The summed E-state index contributed by atoms with van der Waals surface area (Å²) in [5, 5.41) is 3.05. The van der Waals surface area contributed by atoms with Crippen molar-refractivity contribution in [2.75, 3.05) is 25.1 Å². The number of rotatable bonds is 5. The van der Waals surface area contributed by atoms with E-state index in [0.717, 1.165) is 0 Å². The Bertz CT molecular complexity index is 828. The number of anilines is 1. The lowest BCUT2D eigenvalue weighted by Crippen LogP contribution is -2.34. The number of hydrogen-bond donors (Lipinski definition) is 1. The van der Waals surface area contributed by atoms with E-state index in [1.807, 2.05) is 0 Å². The molecule has 136 valence electrons. The Morgan fingerprint density at radius 1 is 1.35 bits per heavy atom. The predicted molar refractivity (Wildman–Crippen MR) is 94.4 cm³/mol. The molecule has 2 aromatic carbocycles. The molecule has 1 atom stereocenters. The summed E-state index contributed by atoms with van der Waals surface area (Å²) in [6.07, 6.45) is -1.03. The highest BCUT2D eigenvalue weighted by molar-refractivity contribution is 6.32. The maximum absolute atomic E-state index is 12.9. The number of ether oxygens (including phenoxy) is 2. The minimum absolute atomic E-state index is 0.141. The Morgan fingerprint density at radius 3 is 2.73 bits per heavy atom. The van der Waals surface area contributed by atoms with Gasteiger partial charge in [0.15, 0.2) is 0 Å². The van der Waals surface area contributed by atoms with Crippen LogP contribution in [0.1, 0.15) is 10.4 Å². The van der Waals surface area contributed by atoms with Crippen LogP contribution in [-0.4, -0.2) is 38.3 Å². The van der Waals surface area contributed by atoms with Crippen LogP contribution in [0.4, 0.5) is 14.9 Å². The SMILES string of the molecule is COc1ccc(N2CC(CNC(=O)c3ccc(F)cc3)OC2=O)cc1Cl. The first kappa shape index (κ1) is 18.0. The molecular weight excluding hydrogens is 363 g/mol. The van der Waals surface area contributed by atoms with Crippen LogP contribution in [-0.2, 0) is 4.74 Å². The number of benzene rings is 2. The summed E-state index contributed by atoms with van der Waals surface area (Å²) in [5.41, 5.74) is 0.905. The standard InChI is InChI=1S/C18H16ClFN2O4/c1-25-16-7-6-13(8-15(16)19)22-10-14(26-18(22)24)9-21-17(23)11-2-4-12(20)5-3-11/h2-8,14H,9-10H2,1H3,(H,21,23). The average molecular weight is 379 g/mol. The molecule has 1 heterocycles. The second-order valence-corrected chi connectivity index (χ2v) is 6.06. The molecule has 1 aliphatic heterocycles. The third-order valence-electron chi connectivity index (χ3n) is 3.92. The van der Waals surface area contributed by atoms with Crippen LogP contribution < -0.4 is 15.0 Å². The van der Waals surface area contributed by atoms with Gasteiger partial charge in [0.1, 0.15) is 17.7 Å². The van der Waals surface area contributed by atoms with Crippen molar-refractivity contribution in [3.8, 4) is 5.75 Å². The van der Waals surface area contributed by atoms with Crippen LogP contribution in [0.25, 0.3) is 0 Å². The van der Waals surface area contributed by atoms with Crippen LogP contribution in [0, 0.1) is 5.82 Å². The van der Waals surface area contributed by atoms with Gasteiger partial charge in [-0.15, -0.1) is 0 Å². The van der Waals surface area contributed by atoms with Gasteiger partial charge in [-0.2, -0.15) is 0 Å². The van der Waals surface area contributed by atoms with Crippen molar-refractivity contribution in [2.24, 2.45) is 0 Å². The number of amides is 2. The zero-order chi connectivity index (χ0) is 18.7. The number of nitrogens with zero attached hydrogens (tertiary/aromatic N) is 1. The Morgan fingerprint density at radius 2 is 2.08 bits per heavy atom. The average Bonchev–Trinajstić information content (AvgIpc) is 3.01. The molecule has 2 aromatic rings. The molecule has 0 aromatic heterocycles. The first-order valence-electron chi connectivity index (χ1n) is 7.83. The molecule has 0 aliphatic carbocycles. The van der Waals surface area contributed by atoms with Crippen LogP contribution in [0.5, 0.6) is 5.75 Å². The summed E-state index contributed by atoms with van der Waals surface area (Å²) in [6, 6.07) is 10.2. The summed E-state index contributed by atoms with van der Waals surface area (Å²) in [4.78, 5) is 25.6. The summed E-state index contributed by atoms with van der Waals surface area (Å²) in [6.45, 7) is 0.410. The van der Waals surface area contributed by atoms with Crippen molar-refractivity contribution in [2.45, 2.75) is 6.10 Å². The highest BCUT2D eigenvalue weighted by Crippen LogP contribution is 2.31.